The highest BCUT2D eigenvalue weighted by molar-refractivity contribution is 8.00. The molecule has 0 spiro atoms. The number of carboxylic acid groups (broad SMARTS) is 1. The van der Waals surface area contributed by atoms with Crippen molar-refractivity contribution in [3.8, 4) is 0 Å². The molecule has 0 rings (SSSR count). The van der Waals surface area contributed by atoms with E-state index in [2.05, 4.69) is 0 Å². The van der Waals surface area contributed by atoms with Crippen LogP contribution in [0, 0.1) is 0 Å². The smallest absolute Gasteiger partial charge is 0.313 e. The monoisotopic (exact) mass is 149 g/mol. The highest BCUT2D eigenvalue weighted by Gasteiger charge is 2.01. The second-order valence-corrected chi connectivity index (χ2v) is 3.18. The van der Waals surface area contributed by atoms with E-state index in [1.165, 1.54) is 11.8 Å². The lowest BCUT2D eigenvalue weighted by atomic mass is 10.5. The van der Waals surface area contributed by atoms with Crippen LogP contribution in [-0.4, -0.2) is 28.6 Å². The molecule has 0 radical (unpaired) electrons. The first kappa shape index (κ1) is 8.78. The zero-order valence-corrected chi connectivity index (χ0v) is 6.15. The molecule has 0 bridgehead atoms. The third-order valence-electron chi connectivity index (χ3n) is 0.823. The summed E-state index contributed by atoms with van der Waals surface area (Å²) in [5, 5.41) is 8.45. The minimum atomic E-state index is -0.777. The number of hydrogen-bond donors (Lipinski definition) is 2. The Bertz CT molecular complexity index is 97.0. The van der Waals surface area contributed by atoms with Gasteiger partial charge in [-0.25, -0.2) is 0 Å². The Morgan fingerprint density at radius 3 is 2.78 bits per heavy atom. The van der Waals surface area contributed by atoms with E-state index < -0.39 is 5.97 Å². The molecule has 54 valence electrons. The molecule has 9 heavy (non-hydrogen) atoms. The molecule has 0 aromatic heterocycles. The average Bonchev–Trinajstić information content (AvgIpc) is 1.83. The van der Waals surface area contributed by atoms with Crippen molar-refractivity contribution in [1.82, 2.24) is 0 Å². The van der Waals surface area contributed by atoms with Crippen LogP contribution in [0.3, 0.4) is 0 Å². The molecule has 0 aliphatic rings. The van der Waals surface area contributed by atoms with Crippen LogP contribution in [0.15, 0.2) is 0 Å². The van der Waals surface area contributed by atoms with Crippen LogP contribution in [0.2, 0.25) is 0 Å². The van der Waals surface area contributed by atoms with Crippen molar-refractivity contribution in [2.24, 2.45) is 5.73 Å². The molecule has 0 saturated carbocycles. The van der Waals surface area contributed by atoms with Crippen LogP contribution in [-0.2, 0) is 4.79 Å². The fourth-order valence-electron chi connectivity index (χ4n) is 0.282. The molecular formula is C5H11NO2S. The molecule has 0 saturated heterocycles. The van der Waals surface area contributed by atoms with Crippen molar-refractivity contribution in [3.63, 3.8) is 0 Å². The van der Waals surface area contributed by atoms with Gasteiger partial charge < -0.3 is 10.8 Å². The summed E-state index contributed by atoms with van der Waals surface area (Å²) >= 11 is 1.36. The second kappa shape index (κ2) is 4.64. The molecule has 0 aliphatic heterocycles. The van der Waals surface area contributed by atoms with E-state index in [0.29, 0.717) is 6.54 Å². The summed E-state index contributed by atoms with van der Waals surface area (Å²) in [5.41, 5.74) is 5.24. The minimum absolute atomic E-state index is 0.151. The van der Waals surface area contributed by atoms with Gasteiger partial charge in [0.1, 0.15) is 0 Å². The van der Waals surface area contributed by atoms with E-state index in [1.54, 1.807) is 0 Å². The average molecular weight is 149 g/mol. The normalized spacial score (nSPS) is 13.1. The first-order valence-electron chi connectivity index (χ1n) is 2.70. The summed E-state index contributed by atoms with van der Waals surface area (Å²) in [6.07, 6.45) is 0. The Morgan fingerprint density at radius 1 is 1.89 bits per heavy atom. The lowest BCUT2D eigenvalue weighted by molar-refractivity contribution is -0.133. The van der Waals surface area contributed by atoms with Crippen LogP contribution in [0.25, 0.3) is 0 Å². The SMILES string of the molecule is CC(CN)SCC(=O)O. The number of nitrogens with two attached hydrogens (primary N) is 1. The third-order valence-corrected chi connectivity index (χ3v) is 2.00. The van der Waals surface area contributed by atoms with Crippen LogP contribution >= 0.6 is 11.8 Å². The number of rotatable bonds is 4. The molecule has 1 atom stereocenters. The molecule has 0 aliphatic carbocycles. The summed E-state index contributed by atoms with van der Waals surface area (Å²) in [7, 11) is 0. The number of thioether (sulfide) groups is 1. The molecular weight excluding hydrogens is 138 g/mol. The van der Waals surface area contributed by atoms with Gasteiger partial charge in [-0.05, 0) is 0 Å². The highest BCUT2D eigenvalue weighted by Crippen LogP contribution is 2.06. The van der Waals surface area contributed by atoms with E-state index in [9.17, 15) is 4.79 Å². The third kappa shape index (κ3) is 5.65. The molecule has 3 N–H and O–H groups in total. The summed E-state index contributed by atoms with van der Waals surface area (Å²) in [6, 6.07) is 0. The van der Waals surface area contributed by atoms with Crippen LogP contribution < -0.4 is 5.73 Å². The number of aliphatic carboxylic acids is 1. The summed E-state index contributed by atoms with van der Waals surface area (Å²) in [5.74, 6) is -0.626. The van der Waals surface area contributed by atoms with Gasteiger partial charge in [0.05, 0.1) is 5.75 Å². The zero-order valence-electron chi connectivity index (χ0n) is 5.33. The quantitative estimate of drug-likeness (QED) is 0.597. The molecule has 0 heterocycles. The predicted molar refractivity (Wildman–Crippen MR) is 38.6 cm³/mol. The molecule has 4 heteroatoms. The predicted octanol–water partition coefficient (Wildman–Crippen LogP) is 0.151. The van der Waals surface area contributed by atoms with E-state index in [-0.39, 0.29) is 11.0 Å². The van der Waals surface area contributed by atoms with Gasteiger partial charge in [0.15, 0.2) is 0 Å². The lowest BCUT2D eigenvalue weighted by Gasteiger charge is -2.03. The zero-order chi connectivity index (χ0) is 7.28. The maximum Gasteiger partial charge on any atom is 0.313 e. The van der Waals surface area contributed by atoms with Crippen molar-refractivity contribution in [3.05, 3.63) is 0 Å². The Labute approximate surface area is 58.6 Å². The maximum atomic E-state index is 9.96. The van der Waals surface area contributed by atoms with Crippen molar-refractivity contribution in [2.75, 3.05) is 12.3 Å². The van der Waals surface area contributed by atoms with E-state index in [0.717, 1.165) is 0 Å². The molecule has 0 fully saturated rings. The summed E-state index contributed by atoms with van der Waals surface area (Å²) in [4.78, 5) is 9.96. The second-order valence-electron chi connectivity index (χ2n) is 1.75. The van der Waals surface area contributed by atoms with Gasteiger partial charge >= 0.3 is 5.97 Å². The van der Waals surface area contributed by atoms with Gasteiger partial charge in [-0.3, -0.25) is 4.79 Å². The van der Waals surface area contributed by atoms with Gasteiger partial charge in [0.25, 0.3) is 0 Å². The maximum absolute atomic E-state index is 9.96. The molecule has 0 amide bonds. The fraction of sp³-hybridized carbons (Fsp3) is 0.800. The molecule has 0 aromatic carbocycles. The van der Waals surface area contributed by atoms with Crippen LogP contribution in [0.5, 0.6) is 0 Å². The standard InChI is InChI=1S/C5H11NO2S/c1-4(2-6)9-3-5(7)8/h4H,2-3,6H2,1H3,(H,7,8). The number of carboxylic acids is 1. The van der Waals surface area contributed by atoms with Gasteiger partial charge in [-0.1, -0.05) is 6.92 Å². The lowest BCUT2D eigenvalue weighted by Crippen LogP contribution is -2.14. The fourth-order valence-corrected chi connectivity index (χ4v) is 0.845. The van der Waals surface area contributed by atoms with Crippen molar-refractivity contribution >= 4 is 17.7 Å². The van der Waals surface area contributed by atoms with Crippen molar-refractivity contribution < 1.29 is 9.90 Å². The summed E-state index contributed by atoms with van der Waals surface area (Å²) in [6.45, 7) is 2.45. The largest absolute Gasteiger partial charge is 0.481 e. The number of hydrogen-bond acceptors (Lipinski definition) is 3. The molecule has 3 nitrogen and oxygen atoms in total. The Kier molecular flexibility index (Phi) is 4.53. The van der Waals surface area contributed by atoms with E-state index in [1.807, 2.05) is 6.92 Å². The van der Waals surface area contributed by atoms with Crippen molar-refractivity contribution in [2.45, 2.75) is 12.2 Å². The Morgan fingerprint density at radius 2 is 2.44 bits per heavy atom. The first-order valence-corrected chi connectivity index (χ1v) is 3.75. The van der Waals surface area contributed by atoms with Crippen LogP contribution in [0.4, 0.5) is 0 Å². The number of carbonyl (C=O) groups is 1. The van der Waals surface area contributed by atoms with E-state index >= 15 is 0 Å². The highest BCUT2D eigenvalue weighted by atomic mass is 32.2. The van der Waals surface area contributed by atoms with Crippen molar-refractivity contribution in [1.29, 1.82) is 0 Å². The van der Waals surface area contributed by atoms with E-state index in [4.69, 9.17) is 10.8 Å². The topological polar surface area (TPSA) is 63.3 Å². The molecule has 1 unspecified atom stereocenters. The van der Waals surface area contributed by atoms with Gasteiger partial charge in [0, 0.05) is 11.8 Å². The Hall–Kier alpha value is -0.220. The Balaban J connectivity index is 3.16. The summed E-state index contributed by atoms with van der Waals surface area (Å²) < 4.78 is 0. The minimum Gasteiger partial charge on any atom is -0.481 e. The van der Waals surface area contributed by atoms with Gasteiger partial charge in [-0.2, -0.15) is 0 Å². The van der Waals surface area contributed by atoms with Gasteiger partial charge in [0.2, 0.25) is 0 Å². The molecule has 0 aromatic rings. The van der Waals surface area contributed by atoms with Gasteiger partial charge in [-0.15, -0.1) is 11.8 Å². The first-order chi connectivity index (χ1) is 4.16. The van der Waals surface area contributed by atoms with Crippen LogP contribution in [0.1, 0.15) is 6.92 Å².